The Hall–Kier alpha value is -0.540. The lowest BCUT2D eigenvalue weighted by atomic mass is 10.1. The zero-order valence-electron chi connectivity index (χ0n) is 6.03. The van der Waals surface area contributed by atoms with Crippen LogP contribution in [0.1, 0.15) is 10.4 Å². The van der Waals surface area contributed by atoms with Crippen molar-refractivity contribution in [2.24, 2.45) is 0 Å². The van der Waals surface area contributed by atoms with Gasteiger partial charge in [-0.1, -0.05) is 11.6 Å². The van der Waals surface area contributed by atoms with Crippen molar-refractivity contribution in [3.63, 3.8) is 0 Å². The second kappa shape index (κ2) is 2.75. The van der Waals surface area contributed by atoms with Crippen LogP contribution in [0.15, 0.2) is 16.6 Å². The molecule has 1 aliphatic heterocycles. The van der Waals surface area contributed by atoms with Crippen LogP contribution in [0, 0.1) is 0 Å². The van der Waals surface area contributed by atoms with Crippen molar-refractivity contribution in [1.82, 2.24) is 0 Å². The molecule has 62 valence electrons. The molecule has 4 heteroatoms. The van der Waals surface area contributed by atoms with Crippen LogP contribution in [0.2, 0.25) is 5.02 Å². The first-order valence-electron chi connectivity index (χ1n) is 3.44. The number of anilines is 1. The fourth-order valence-electron chi connectivity index (χ4n) is 1.19. The maximum absolute atomic E-state index is 11.2. The lowest BCUT2D eigenvalue weighted by molar-refractivity contribution is 0.101. The van der Waals surface area contributed by atoms with Gasteiger partial charge in [-0.25, -0.2) is 0 Å². The number of hydrogen-bond donors (Lipinski definition) is 1. The van der Waals surface area contributed by atoms with E-state index in [9.17, 15) is 4.79 Å². The highest BCUT2D eigenvalue weighted by atomic mass is 79.9. The number of carbonyl (C=O) groups excluding carboxylic acids is 1. The highest BCUT2D eigenvalue weighted by Crippen LogP contribution is 2.31. The summed E-state index contributed by atoms with van der Waals surface area (Å²) in [4.78, 5) is 11.2. The van der Waals surface area contributed by atoms with Crippen molar-refractivity contribution in [2.75, 3.05) is 11.9 Å². The summed E-state index contributed by atoms with van der Waals surface area (Å²) in [6.07, 6.45) is 0. The first-order chi connectivity index (χ1) is 5.68. The molecule has 0 atom stereocenters. The number of benzene rings is 1. The summed E-state index contributed by atoms with van der Waals surface area (Å²) < 4.78 is 0.764. The Kier molecular flexibility index (Phi) is 1.85. The predicted molar refractivity (Wildman–Crippen MR) is 52.0 cm³/mol. The number of ketones is 1. The Bertz CT molecular complexity index is 364. The number of Topliss-reactive ketones (excluding diaryl/α,β-unsaturated/α-hetero) is 1. The third-order valence-corrected chi connectivity index (χ3v) is 3.00. The van der Waals surface area contributed by atoms with Crippen molar-refractivity contribution in [3.8, 4) is 0 Å². The molecule has 1 aliphatic rings. The minimum atomic E-state index is 0.113. The van der Waals surface area contributed by atoms with Gasteiger partial charge in [-0.05, 0) is 28.1 Å². The molecule has 0 saturated carbocycles. The molecule has 1 aromatic rings. The number of carbonyl (C=O) groups is 1. The third kappa shape index (κ3) is 1.13. The molecule has 0 saturated heterocycles. The summed E-state index contributed by atoms with van der Waals surface area (Å²) in [6, 6.07) is 3.51. The third-order valence-electron chi connectivity index (χ3n) is 1.80. The molecule has 0 unspecified atom stereocenters. The maximum Gasteiger partial charge on any atom is 0.183 e. The average molecular weight is 246 g/mol. The van der Waals surface area contributed by atoms with Crippen LogP contribution in [0.5, 0.6) is 0 Å². The van der Waals surface area contributed by atoms with Gasteiger partial charge >= 0.3 is 0 Å². The van der Waals surface area contributed by atoms with Crippen LogP contribution in [0.3, 0.4) is 0 Å². The molecule has 0 aromatic heterocycles. The zero-order chi connectivity index (χ0) is 8.72. The fourth-order valence-corrected chi connectivity index (χ4v) is 1.70. The van der Waals surface area contributed by atoms with Crippen LogP contribution in [0.25, 0.3) is 0 Å². The topological polar surface area (TPSA) is 29.1 Å². The van der Waals surface area contributed by atoms with Gasteiger partial charge in [0.05, 0.1) is 11.6 Å². The molecule has 0 bridgehead atoms. The fraction of sp³-hybridized carbons (Fsp3) is 0.125. The Balaban J connectivity index is 2.63. The number of nitrogens with one attached hydrogen (secondary N) is 1. The highest BCUT2D eigenvalue weighted by molar-refractivity contribution is 9.10. The molecule has 0 aliphatic carbocycles. The normalized spacial score (nSPS) is 14.3. The summed E-state index contributed by atoms with van der Waals surface area (Å²) in [7, 11) is 0. The highest BCUT2D eigenvalue weighted by Gasteiger charge is 2.19. The standard InChI is InChI=1S/C8H5BrClNO/c9-5-1-4-7(2-6(5)10)11-3-8(4)12/h1-2,11H,3H2. The molecule has 2 rings (SSSR count). The summed E-state index contributed by atoms with van der Waals surface area (Å²) >= 11 is 9.11. The largest absolute Gasteiger partial charge is 0.377 e. The van der Waals surface area contributed by atoms with Crippen LogP contribution < -0.4 is 5.32 Å². The molecular weight excluding hydrogens is 241 g/mol. The van der Waals surface area contributed by atoms with E-state index in [0.717, 1.165) is 10.2 Å². The van der Waals surface area contributed by atoms with E-state index < -0.39 is 0 Å². The molecule has 1 heterocycles. The second-order valence-corrected chi connectivity index (χ2v) is 3.85. The van der Waals surface area contributed by atoms with E-state index in [0.29, 0.717) is 17.1 Å². The molecule has 2 nitrogen and oxygen atoms in total. The smallest absolute Gasteiger partial charge is 0.183 e. The molecule has 12 heavy (non-hydrogen) atoms. The van der Waals surface area contributed by atoms with Crippen molar-refractivity contribution < 1.29 is 4.79 Å². The van der Waals surface area contributed by atoms with Gasteiger partial charge in [-0.15, -0.1) is 0 Å². The predicted octanol–water partition coefficient (Wildman–Crippen LogP) is 2.71. The summed E-state index contributed by atoms with van der Waals surface area (Å²) in [6.45, 7) is 0.377. The first-order valence-corrected chi connectivity index (χ1v) is 4.61. The van der Waals surface area contributed by atoms with Crippen molar-refractivity contribution >= 4 is 39.0 Å². The molecule has 0 radical (unpaired) electrons. The van der Waals surface area contributed by atoms with Gasteiger partial charge in [0.2, 0.25) is 0 Å². The number of hydrogen-bond acceptors (Lipinski definition) is 2. The van der Waals surface area contributed by atoms with E-state index in [1.807, 2.05) is 0 Å². The quantitative estimate of drug-likeness (QED) is 0.762. The van der Waals surface area contributed by atoms with E-state index in [-0.39, 0.29) is 5.78 Å². The van der Waals surface area contributed by atoms with Crippen LogP contribution in [-0.4, -0.2) is 12.3 Å². The van der Waals surface area contributed by atoms with Gasteiger partial charge in [-0.2, -0.15) is 0 Å². The van der Waals surface area contributed by atoms with E-state index >= 15 is 0 Å². The van der Waals surface area contributed by atoms with Crippen LogP contribution >= 0.6 is 27.5 Å². The minimum absolute atomic E-state index is 0.113. The average Bonchev–Trinajstić information content (AvgIpc) is 2.35. The summed E-state index contributed by atoms with van der Waals surface area (Å²) in [5.74, 6) is 0.113. The van der Waals surface area contributed by atoms with Crippen molar-refractivity contribution in [1.29, 1.82) is 0 Å². The van der Waals surface area contributed by atoms with Gasteiger partial charge < -0.3 is 5.32 Å². The van der Waals surface area contributed by atoms with E-state index in [2.05, 4.69) is 21.2 Å². The molecule has 0 spiro atoms. The number of rotatable bonds is 0. The Morgan fingerprint density at radius 3 is 3.00 bits per heavy atom. The summed E-state index contributed by atoms with van der Waals surface area (Å²) in [5, 5.41) is 3.58. The minimum Gasteiger partial charge on any atom is -0.377 e. The van der Waals surface area contributed by atoms with Crippen LogP contribution in [0.4, 0.5) is 5.69 Å². The van der Waals surface area contributed by atoms with Crippen LogP contribution in [-0.2, 0) is 0 Å². The lowest BCUT2D eigenvalue weighted by Gasteiger charge is -2.00. The Labute approximate surface area is 83.0 Å². The summed E-state index contributed by atoms with van der Waals surface area (Å²) in [5.41, 5.74) is 1.54. The van der Waals surface area contributed by atoms with Gasteiger partial charge in [-0.3, -0.25) is 4.79 Å². The molecule has 1 aromatic carbocycles. The van der Waals surface area contributed by atoms with Gasteiger partial charge in [0.1, 0.15) is 0 Å². The molecule has 0 amide bonds. The van der Waals surface area contributed by atoms with Crippen molar-refractivity contribution in [2.45, 2.75) is 0 Å². The van der Waals surface area contributed by atoms with Gasteiger partial charge in [0.15, 0.2) is 5.78 Å². The number of fused-ring (bicyclic) bond motifs is 1. The van der Waals surface area contributed by atoms with Crippen molar-refractivity contribution in [3.05, 3.63) is 27.2 Å². The SMILES string of the molecule is O=C1CNc2cc(Cl)c(Br)cc21. The monoisotopic (exact) mass is 245 g/mol. The molecular formula is C8H5BrClNO. The van der Waals surface area contributed by atoms with E-state index in [1.165, 1.54) is 0 Å². The van der Waals surface area contributed by atoms with E-state index in [4.69, 9.17) is 11.6 Å². The Morgan fingerprint density at radius 2 is 2.25 bits per heavy atom. The zero-order valence-corrected chi connectivity index (χ0v) is 8.37. The molecule has 0 fully saturated rings. The lowest BCUT2D eigenvalue weighted by Crippen LogP contribution is -2.00. The first kappa shape index (κ1) is 8.08. The van der Waals surface area contributed by atoms with Gasteiger partial charge in [0, 0.05) is 15.7 Å². The van der Waals surface area contributed by atoms with E-state index in [1.54, 1.807) is 12.1 Å². The molecule has 1 N–H and O–H groups in total. The van der Waals surface area contributed by atoms with Gasteiger partial charge in [0.25, 0.3) is 0 Å². The number of halogens is 2. The Morgan fingerprint density at radius 1 is 1.50 bits per heavy atom. The second-order valence-electron chi connectivity index (χ2n) is 2.59. The maximum atomic E-state index is 11.2.